The van der Waals surface area contributed by atoms with Gasteiger partial charge in [0.1, 0.15) is 0 Å². The summed E-state index contributed by atoms with van der Waals surface area (Å²) in [4.78, 5) is 31.1. The van der Waals surface area contributed by atoms with Gasteiger partial charge in [0.05, 0.1) is 39.0 Å². The van der Waals surface area contributed by atoms with E-state index in [-0.39, 0.29) is 30.0 Å². The molecule has 2 aromatic rings. The number of aromatic nitrogens is 1. The van der Waals surface area contributed by atoms with Crippen LogP contribution in [0, 0.1) is 28.6 Å². The summed E-state index contributed by atoms with van der Waals surface area (Å²) < 4.78 is 66.8. The third-order valence-electron chi connectivity index (χ3n) is 11.1. The summed E-state index contributed by atoms with van der Waals surface area (Å²) in [6.45, 7) is 3.93. The molecule has 5 aliphatic rings. The Bertz CT molecular complexity index is 1590. The van der Waals surface area contributed by atoms with Gasteiger partial charge in [0.15, 0.2) is 27.8 Å². The van der Waals surface area contributed by atoms with Crippen molar-refractivity contribution in [1.82, 2.24) is 4.98 Å². The van der Waals surface area contributed by atoms with Crippen LogP contribution in [0.25, 0.3) is 10.2 Å². The first-order valence-electron chi connectivity index (χ1n) is 15.0. The lowest BCUT2D eigenvalue weighted by atomic mass is 9.46. The highest BCUT2D eigenvalue weighted by molar-refractivity contribution is 7.88. The molecule has 0 radical (unpaired) electrons. The maximum atomic E-state index is 14.5. The largest absolute Gasteiger partial charge is 0.393 e. The van der Waals surface area contributed by atoms with Crippen LogP contribution in [0.4, 0.5) is 13.2 Å². The van der Waals surface area contributed by atoms with E-state index in [1.165, 1.54) is 11.3 Å². The molecule has 0 spiro atoms. The maximum Gasteiger partial charge on any atom is 0.389 e. The number of fused-ring (bicyclic) bond motifs is 8. The minimum atomic E-state index is -4.42. The summed E-state index contributed by atoms with van der Waals surface area (Å²) in [7, 11) is -1.82. The number of rotatable bonds is 6. The van der Waals surface area contributed by atoms with Crippen molar-refractivity contribution in [3.05, 3.63) is 48.1 Å². The number of carbonyl (C=O) groups is 2. The van der Waals surface area contributed by atoms with Gasteiger partial charge < -0.3 is 14.6 Å². The molecule has 7 rings (SSSR count). The zero-order valence-electron chi connectivity index (χ0n) is 24.3. The topological polar surface area (TPSA) is 103 Å². The van der Waals surface area contributed by atoms with Crippen LogP contribution in [0.3, 0.4) is 0 Å². The van der Waals surface area contributed by atoms with E-state index < -0.39 is 76.3 Å². The molecule has 3 saturated carbocycles. The molecule has 2 heterocycles. The minimum absolute atomic E-state index is 0.0467. The number of hydrogen-bond acceptors (Lipinski definition) is 8. The highest BCUT2D eigenvalue weighted by Gasteiger charge is 2.75. The summed E-state index contributed by atoms with van der Waals surface area (Å²) in [5, 5.41) is 11.8. The van der Waals surface area contributed by atoms with Crippen LogP contribution in [0.2, 0.25) is 0 Å². The molecule has 7 nitrogen and oxygen atoms in total. The number of hydrogen-bond donors (Lipinski definition) is 1. The van der Waals surface area contributed by atoms with E-state index in [0.29, 0.717) is 29.1 Å². The van der Waals surface area contributed by atoms with Crippen LogP contribution in [-0.2, 0) is 29.9 Å². The van der Waals surface area contributed by atoms with Gasteiger partial charge in [-0.15, -0.1) is 11.3 Å². The van der Waals surface area contributed by atoms with Crippen LogP contribution in [-0.4, -0.2) is 61.9 Å². The number of aliphatic hydroxyl groups is 1. The van der Waals surface area contributed by atoms with Crippen molar-refractivity contribution in [3.8, 4) is 0 Å². The van der Waals surface area contributed by atoms with E-state index >= 15 is 0 Å². The third-order valence-corrected chi connectivity index (χ3v) is 13.7. The fourth-order valence-electron chi connectivity index (χ4n) is 9.29. The highest BCUT2D eigenvalue weighted by Crippen LogP contribution is 2.69. The summed E-state index contributed by atoms with van der Waals surface area (Å²) in [6.07, 6.45) is -1.96. The molecule has 0 amide bonds. The first kappa shape index (κ1) is 30.4. The van der Waals surface area contributed by atoms with Gasteiger partial charge in [-0.25, -0.2) is 4.98 Å². The lowest BCUT2D eigenvalue weighted by Gasteiger charge is -2.59. The minimum Gasteiger partial charge on any atom is -0.393 e. The van der Waals surface area contributed by atoms with E-state index in [1.807, 2.05) is 38.1 Å². The van der Waals surface area contributed by atoms with Gasteiger partial charge in [-0.05, 0) is 61.8 Å². The number of Topliss-reactive ketones (excluding diaryl/α,β-unsaturated/α-hetero) is 1. The molecule has 1 aromatic heterocycles. The Morgan fingerprint density at radius 1 is 1.25 bits per heavy atom. The molecule has 1 saturated heterocycles. The normalized spacial score (nSPS) is 40.2. The number of para-hydroxylation sites is 1. The number of nitrogens with zero attached hydrogens (tertiary/aromatic N) is 1. The molecule has 236 valence electrons. The van der Waals surface area contributed by atoms with Crippen molar-refractivity contribution in [1.29, 1.82) is 0 Å². The Kier molecular flexibility index (Phi) is 7.17. The van der Waals surface area contributed by atoms with Crippen molar-refractivity contribution in [2.75, 3.05) is 5.75 Å². The fraction of sp³-hybridized carbons (Fsp3) is 0.594. The molecule has 1 N–H and O–H groups in total. The smallest absolute Gasteiger partial charge is 0.389 e. The number of alkyl halides is 3. The number of thiazole rings is 1. The molecule has 0 bridgehead atoms. The second kappa shape index (κ2) is 10.4. The molecule has 44 heavy (non-hydrogen) atoms. The summed E-state index contributed by atoms with van der Waals surface area (Å²) in [5.41, 5.74) is -1.52. The second-order valence-electron chi connectivity index (χ2n) is 13.4. The second-order valence-corrected chi connectivity index (χ2v) is 16.0. The Labute approximate surface area is 259 Å². The zero-order chi connectivity index (χ0) is 31.2. The monoisotopic (exact) mass is 649 g/mol. The average molecular weight is 650 g/mol. The van der Waals surface area contributed by atoms with Gasteiger partial charge in [-0.2, -0.15) is 13.2 Å². The number of ether oxygens (including phenoxy) is 2. The molecule has 10 atom stereocenters. The average Bonchev–Trinajstić information content (AvgIpc) is 3.62. The Hall–Kier alpha value is -2.25. The predicted octanol–water partition coefficient (Wildman–Crippen LogP) is 5.68. The fourth-order valence-corrected chi connectivity index (χ4v) is 11.6. The molecule has 4 aliphatic carbocycles. The van der Waals surface area contributed by atoms with E-state index in [2.05, 4.69) is 4.98 Å². The van der Waals surface area contributed by atoms with Crippen LogP contribution in [0.1, 0.15) is 52.4 Å². The summed E-state index contributed by atoms with van der Waals surface area (Å²) in [6, 6.07) is 7.32. The molecule has 4 fully saturated rings. The summed E-state index contributed by atoms with van der Waals surface area (Å²) in [5.74, 6) is -1.39. The van der Waals surface area contributed by atoms with Crippen LogP contribution in [0.15, 0.2) is 52.4 Å². The van der Waals surface area contributed by atoms with E-state index in [1.54, 1.807) is 18.2 Å². The number of carbonyl (C=O) groups excluding carboxylic acids is 2. The van der Waals surface area contributed by atoms with Crippen molar-refractivity contribution < 1.29 is 41.5 Å². The maximum absolute atomic E-state index is 14.5. The SMILES string of the molecule is CC12C=CC(=O)C=C1CCC1C2[C@@H](O)CC2(C)C1C[C@@H]1OC(CCC(F)(F)F)O[C@]12C(=O)CS(=O)c1nc2ccccc2s1. The van der Waals surface area contributed by atoms with Crippen molar-refractivity contribution in [2.24, 2.45) is 28.6 Å². The molecule has 1 aliphatic heterocycles. The number of halogens is 3. The molecule has 7 unspecified atom stereocenters. The zero-order valence-corrected chi connectivity index (χ0v) is 26.0. The van der Waals surface area contributed by atoms with Gasteiger partial charge >= 0.3 is 6.18 Å². The first-order valence-corrected chi connectivity index (χ1v) is 17.2. The van der Waals surface area contributed by atoms with Gasteiger partial charge in [0.25, 0.3) is 0 Å². The van der Waals surface area contributed by atoms with E-state index in [9.17, 15) is 32.1 Å². The third kappa shape index (κ3) is 4.53. The lowest BCUT2D eigenvalue weighted by molar-refractivity contribution is -0.204. The van der Waals surface area contributed by atoms with E-state index in [0.717, 1.165) is 10.3 Å². The van der Waals surface area contributed by atoms with Crippen LogP contribution in [0.5, 0.6) is 0 Å². The molecular weight excluding hydrogens is 615 g/mol. The Balaban J connectivity index is 1.23. The van der Waals surface area contributed by atoms with Gasteiger partial charge in [-0.3, -0.25) is 13.8 Å². The Morgan fingerprint density at radius 2 is 2.02 bits per heavy atom. The number of ketones is 2. The predicted molar refractivity (Wildman–Crippen MR) is 157 cm³/mol. The van der Waals surface area contributed by atoms with Crippen molar-refractivity contribution >= 4 is 43.9 Å². The first-order chi connectivity index (χ1) is 20.7. The van der Waals surface area contributed by atoms with Gasteiger partial charge in [-0.1, -0.05) is 37.6 Å². The molecule has 12 heteroatoms. The number of aliphatic hydroxyl groups excluding tert-OH is 1. The van der Waals surface area contributed by atoms with Crippen LogP contribution < -0.4 is 0 Å². The molecule has 1 aromatic carbocycles. The highest BCUT2D eigenvalue weighted by atomic mass is 32.2. The number of allylic oxidation sites excluding steroid dienone is 4. The lowest BCUT2D eigenvalue weighted by Crippen LogP contribution is -2.63. The standard InChI is InChI=1S/C32H34F3NO6S2/c1-29-11-9-18(37)13-17(29)7-8-19-20-14-25-32(30(20,2)15-22(38)27(19)29,42-26(41-25)10-12-31(33,34)35)24(39)16-44(40)28-36-21-5-3-4-6-23(21)43-28/h3-6,9,11,13,19-20,22,25-27,38H,7-8,10,12,14-16H2,1-2H3/t19?,20?,22-,25-,26?,27?,29?,30?,32+,44?/m0/s1. The van der Waals surface area contributed by atoms with Crippen molar-refractivity contribution in [3.63, 3.8) is 0 Å². The van der Waals surface area contributed by atoms with E-state index in [4.69, 9.17) is 9.47 Å². The quantitative estimate of drug-likeness (QED) is 0.430. The number of benzene rings is 1. The Morgan fingerprint density at radius 3 is 2.77 bits per heavy atom. The summed E-state index contributed by atoms with van der Waals surface area (Å²) >= 11 is 1.24. The van der Waals surface area contributed by atoms with Gasteiger partial charge in [0, 0.05) is 29.6 Å². The van der Waals surface area contributed by atoms with Gasteiger partial charge in [0.2, 0.25) is 0 Å². The van der Waals surface area contributed by atoms with Crippen LogP contribution >= 0.6 is 11.3 Å². The molecular formula is C32H34F3NO6S2. The van der Waals surface area contributed by atoms with Crippen molar-refractivity contribution in [2.45, 2.75) is 87.0 Å².